The lowest BCUT2D eigenvalue weighted by atomic mass is 9.92. The number of aromatic nitrogens is 2. The van der Waals surface area contributed by atoms with E-state index in [4.69, 9.17) is 0 Å². The van der Waals surface area contributed by atoms with Gasteiger partial charge in [-0.2, -0.15) is 0 Å². The number of halogens is 1. The second-order valence-corrected chi connectivity index (χ2v) is 5.69. The summed E-state index contributed by atoms with van der Waals surface area (Å²) >= 11 is 0. The lowest BCUT2D eigenvalue weighted by Crippen LogP contribution is -2.46. The van der Waals surface area contributed by atoms with Gasteiger partial charge in [0.05, 0.1) is 24.2 Å². The second-order valence-electron chi connectivity index (χ2n) is 5.69. The monoisotopic (exact) mass is 303 g/mol. The zero-order valence-electron chi connectivity index (χ0n) is 12.1. The molecule has 0 unspecified atom stereocenters. The average Bonchev–Trinajstić information content (AvgIpc) is 2.50. The van der Waals surface area contributed by atoms with Gasteiger partial charge in [-0.15, -0.1) is 0 Å². The lowest BCUT2D eigenvalue weighted by Gasteiger charge is -2.32. The van der Waals surface area contributed by atoms with Crippen molar-refractivity contribution in [3.8, 4) is 11.3 Å². The van der Waals surface area contributed by atoms with Crippen LogP contribution in [0.1, 0.15) is 12.8 Å². The highest BCUT2D eigenvalue weighted by Gasteiger charge is 2.29. The summed E-state index contributed by atoms with van der Waals surface area (Å²) in [6.45, 7) is 1.66. The number of hydrogen-bond acceptors (Lipinski definition) is 4. The number of aliphatic hydroxyl groups is 1. The summed E-state index contributed by atoms with van der Waals surface area (Å²) in [5.41, 5.74) is -0.583. The van der Waals surface area contributed by atoms with Crippen LogP contribution >= 0.6 is 0 Å². The van der Waals surface area contributed by atoms with Gasteiger partial charge < -0.3 is 10.4 Å². The lowest BCUT2D eigenvalue weighted by molar-refractivity contribution is -0.00640. The molecule has 0 aliphatic carbocycles. The second kappa shape index (κ2) is 5.98. The van der Waals surface area contributed by atoms with E-state index in [9.17, 15) is 14.3 Å². The number of benzene rings is 1. The third-order valence-corrected chi connectivity index (χ3v) is 4.03. The molecule has 0 saturated carbocycles. The third kappa shape index (κ3) is 3.08. The zero-order chi connectivity index (χ0) is 15.6. The first-order chi connectivity index (χ1) is 10.6. The van der Waals surface area contributed by atoms with Crippen molar-refractivity contribution in [1.29, 1.82) is 0 Å². The molecule has 3 rings (SSSR count). The quantitative estimate of drug-likeness (QED) is 0.893. The van der Waals surface area contributed by atoms with Crippen LogP contribution in [0.5, 0.6) is 0 Å². The van der Waals surface area contributed by atoms with Crippen molar-refractivity contribution in [1.82, 2.24) is 14.9 Å². The molecule has 116 valence electrons. The molecule has 22 heavy (non-hydrogen) atoms. The van der Waals surface area contributed by atoms with E-state index < -0.39 is 11.4 Å². The van der Waals surface area contributed by atoms with Crippen LogP contribution in [0, 0.1) is 5.82 Å². The molecular weight excluding hydrogens is 285 g/mol. The van der Waals surface area contributed by atoms with Crippen molar-refractivity contribution in [2.75, 3.05) is 13.1 Å². The normalized spacial score (nSPS) is 17.4. The topological polar surface area (TPSA) is 67.2 Å². The molecule has 0 atom stereocenters. The van der Waals surface area contributed by atoms with E-state index in [0.29, 0.717) is 24.1 Å². The molecule has 0 bridgehead atoms. The molecule has 1 fully saturated rings. The fourth-order valence-corrected chi connectivity index (χ4v) is 2.73. The standard InChI is InChI=1S/C16H18FN3O2/c17-13-4-2-1-3-12(13)14-9-15(21)20(11-19-14)10-16(22)5-7-18-8-6-16/h1-4,9,11,18,22H,5-8,10H2. The van der Waals surface area contributed by atoms with Gasteiger partial charge in [-0.05, 0) is 38.1 Å². The van der Waals surface area contributed by atoms with Gasteiger partial charge in [-0.1, -0.05) is 12.1 Å². The summed E-state index contributed by atoms with van der Waals surface area (Å²) in [7, 11) is 0. The first-order valence-corrected chi connectivity index (χ1v) is 7.32. The van der Waals surface area contributed by atoms with Crippen molar-refractivity contribution >= 4 is 0 Å². The summed E-state index contributed by atoms with van der Waals surface area (Å²) in [6, 6.07) is 7.51. The van der Waals surface area contributed by atoms with E-state index in [0.717, 1.165) is 13.1 Å². The Bertz CT molecular complexity index is 723. The maximum absolute atomic E-state index is 13.7. The first kappa shape index (κ1) is 14.9. The van der Waals surface area contributed by atoms with Crippen LogP contribution in [0.15, 0.2) is 41.5 Å². The van der Waals surface area contributed by atoms with Crippen LogP contribution in [0.2, 0.25) is 0 Å². The Hall–Kier alpha value is -2.05. The number of rotatable bonds is 3. The molecular formula is C16H18FN3O2. The Kier molecular flexibility index (Phi) is 4.04. The summed E-state index contributed by atoms with van der Waals surface area (Å²) in [6.07, 6.45) is 2.56. The van der Waals surface area contributed by atoms with Crippen LogP contribution in [-0.4, -0.2) is 33.3 Å². The summed E-state index contributed by atoms with van der Waals surface area (Å²) < 4.78 is 15.1. The Morgan fingerprint density at radius 3 is 2.73 bits per heavy atom. The van der Waals surface area contributed by atoms with Crippen molar-refractivity contribution < 1.29 is 9.50 Å². The molecule has 1 aliphatic rings. The molecule has 0 amide bonds. The summed E-state index contributed by atoms with van der Waals surface area (Å²) in [4.78, 5) is 16.4. The molecule has 2 aromatic rings. The minimum Gasteiger partial charge on any atom is -0.388 e. The number of piperidine rings is 1. The summed E-state index contributed by atoms with van der Waals surface area (Å²) in [5, 5.41) is 13.7. The molecule has 1 aromatic carbocycles. The highest BCUT2D eigenvalue weighted by Crippen LogP contribution is 2.21. The van der Waals surface area contributed by atoms with Crippen molar-refractivity contribution in [3.05, 3.63) is 52.8 Å². The maximum Gasteiger partial charge on any atom is 0.253 e. The van der Waals surface area contributed by atoms with Gasteiger partial charge >= 0.3 is 0 Å². The van der Waals surface area contributed by atoms with Crippen LogP contribution in [-0.2, 0) is 6.54 Å². The smallest absolute Gasteiger partial charge is 0.253 e. The summed E-state index contributed by atoms with van der Waals surface area (Å²) in [5.74, 6) is -0.413. The van der Waals surface area contributed by atoms with Crippen LogP contribution in [0.25, 0.3) is 11.3 Å². The van der Waals surface area contributed by atoms with Gasteiger partial charge in [0.15, 0.2) is 0 Å². The Morgan fingerprint density at radius 1 is 1.32 bits per heavy atom. The number of nitrogens with one attached hydrogen (secondary N) is 1. The van der Waals surface area contributed by atoms with E-state index in [1.165, 1.54) is 23.0 Å². The molecule has 0 spiro atoms. The van der Waals surface area contributed by atoms with E-state index >= 15 is 0 Å². The fourth-order valence-electron chi connectivity index (χ4n) is 2.73. The third-order valence-electron chi connectivity index (χ3n) is 4.03. The highest BCUT2D eigenvalue weighted by atomic mass is 19.1. The van der Waals surface area contributed by atoms with E-state index in [2.05, 4.69) is 10.3 Å². The Balaban J connectivity index is 1.87. The fraction of sp³-hybridized carbons (Fsp3) is 0.375. The number of nitrogens with zero attached hydrogens (tertiary/aromatic N) is 2. The molecule has 1 aromatic heterocycles. The molecule has 5 nitrogen and oxygen atoms in total. The Labute approximate surface area is 127 Å². The minimum absolute atomic E-state index is 0.206. The molecule has 2 N–H and O–H groups in total. The SMILES string of the molecule is O=c1cc(-c2ccccc2F)ncn1CC1(O)CCNCC1. The van der Waals surface area contributed by atoms with Gasteiger partial charge in [0.25, 0.3) is 5.56 Å². The van der Waals surface area contributed by atoms with Crippen LogP contribution in [0.3, 0.4) is 0 Å². The molecule has 2 heterocycles. The van der Waals surface area contributed by atoms with Crippen molar-refractivity contribution in [3.63, 3.8) is 0 Å². The van der Waals surface area contributed by atoms with Gasteiger partial charge in [0.1, 0.15) is 5.82 Å². The largest absolute Gasteiger partial charge is 0.388 e. The van der Waals surface area contributed by atoms with E-state index in [-0.39, 0.29) is 12.1 Å². The maximum atomic E-state index is 13.7. The van der Waals surface area contributed by atoms with Gasteiger partial charge in [-0.25, -0.2) is 9.37 Å². The van der Waals surface area contributed by atoms with Crippen LogP contribution in [0.4, 0.5) is 4.39 Å². The first-order valence-electron chi connectivity index (χ1n) is 7.32. The molecule has 6 heteroatoms. The van der Waals surface area contributed by atoms with Gasteiger partial charge in [0, 0.05) is 11.6 Å². The Morgan fingerprint density at radius 2 is 2.05 bits per heavy atom. The molecule has 1 aliphatic heterocycles. The molecule has 1 saturated heterocycles. The van der Waals surface area contributed by atoms with Gasteiger partial charge in [-0.3, -0.25) is 9.36 Å². The predicted octanol–water partition coefficient (Wildman–Crippen LogP) is 1.16. The van der Waals surface area contributed by atoms with Crippen LogP contribution < -0.4 is 10.9 Å². The molecule has 0 radical (unpaired) electrons. The zero-order valence-corrected chi connectivity index (χ0v) is 12.1. The van der Waals surface area contributed by atoms with Crippen molar-refractivity contribution in [2.24, 2.45) is 0 Å². The van der Waals surface area contributed by atoms with E-state index in [1.54, 1.807) is 18.2 Å². The minimum atomic E-state index is -0.893. The van der Waals surface area contributed by atoms with Crippen molar-refractivity contribution in [2.45, 2.75) is 25.0 Å². The highest BCUT2D eigenvalue weighted by molar-refractivity contribution is 5.58. The average molecular weight is 303 g/mol. The van der Waals surface area contributed by atoms with Gasteiger partial charge in [0.2, 0.25) is 0 Å². The number of hydrogen-bond donors (Lipinski definition) is 2. The predicted molar refractivity (Wildman–Crippen MR) is 80.9 cm³/mol. The van der Waals surface area contributed by atoms with E-state index in [1.807, 2.05) is 0 Å².